The molecule has 2 aromatic rings. The third-order valence-electron chi connectivity index (χ3n) is 3.40. The average Bonchev–Trinajstić information content (AvgIpc) is 2.35. The van der Waals surface area contributed by atoms with Gasteiger partial charge in [-0.15, -0.1) is 0 Å². The number of carbonyl (C=O) groups excluding carboxylic acids is 1. The van der Waals surface area contributed by atoms with Crippen LogP contribution in [0.4, 0.5) is 0 Å². The fourth-order valence-corrected chi connectivity index (χ4v) is 2.52. The summed E-state index contributed by atoms with van der Waals surface area (Å²) in [6.07, 6.45) is -0.921. The van der Waals surface area contributed by atoms with E-state index in [9.17, 15) is 15.0 Å². The van der Waals surface area contributed by atoms with Crippen molar-refractivity contribution < 1.29 is 19.7 Å². The van der Waals surface area contributed by atoms with E-state index in [-0.39, 0.29) is 17.7 Å². The van der Waals surface area contributed by atoms with Crippen molar-refractivity contribution in [2.75, 3.05) is 0 Å². The first-order valence-corrected chi connectivity index (χ1v) is 5.71. The third kappa shape index (κ3) is 1.39. The average molecular weight is 244 g/mol. The van der Waals surface area contributed by atoms with E-state index in [1.54, 1.807) is 12.1 Å². The lowest BCUT2D eigenvalue weighted by Crippen LogP contribution is -2.28. The predicted octanol–water partition coefficient (Wildman–Crippen LogP) is 1.89. The first-order valence-electron chi connectivity index (χ1n) is 5.71. The second kappa shape index (κ2) is 3.71. The Balaban J connectivity index is 2.44. The van der Waals surface area contributed by atoms with Crippen LogP contribution in [0.15, 0.2) is 24.3 Å². The Kier molecular flexibility index (Phi) is 2.28. The van der Waals surface area contributed by atoms with Crippen molar-refractivity contribution in [3.8, 4) is 5.75 Å². The van der Waals surface area contributed by atoms with Crippen molar-refractivity contribution in [1.29, 1.82) is 0 Å². The van der Waals surface area contributed by atoms with Crippen molar-refractivity contribution in [1.82, 2.24) is 0 Å². The number of fused-ring (bicyclic) bond motifs is 2. The number of aryl methyl sites for hydroxylation is 1. The molecule has 2 N–H and O–H groups in total. The van der Waals surface area contributed by atoms with Gasteiger partial charge in [0.25, 0.3) is 0 Å². The number of hydrogen-bond donors (Lipinski definition) is 2. The van der Waals surface area contributed by atoms with Gasteiger partial charge in [0.1, 0.15) is 11.3 Å². The van der Waals surface area contributed by atoms with Gasteiger partial charge in [-0.3, -0.25) is 0 Å². The Morgan fingerprint density at radius 3 is 2.67 bits per heavy atom. The van der Waals surface area contributed by atoms with E-state index in [0.717, 1.165) is 10.9 Å². The molecule has 0 spiro atoms. The number of aliphatic hydroxyl groups excluding tert-OH is 1. The molecule has 1 heterocycles. The minimum absolute atomic E-state index is 0.0666. The molecule has 2 aromatic carbocycles. The Morgan fingerprint density at radius 2 is 1.94 bits per heavy atom. The minimum Gasteiger partial charge on any atom is -0.506 e. The van der Waals surface area contributed by atoms with Gasteiger partial charge in [0.2, 0.25) is 6.29 Å². The summed E-state index contributed by atoms with van der Waals surface area (Å²) in [5, 5.41) is 21.2. The van der Waals surface area contributed by atoms with E-state index >= 15 is 0 Å². The van der Waals surface area contributed by atoms with Gasteiger partial charge in [0.05, 0.1) is 0 Å². The maximum atomic E-state index is 11.8. The normalized spacial score (nSPS) is 18.6. The molecule has 0 saturated carbocycles. The summed E-state index contributed by atoms with van der Waals surface area (Å²) in [5.41, 5.74) is 1.74. The standard InChI is InChI=1S/C14H12O4/c1-7-8-4-2-3-5-9(8)13(16)12-10(7)6-11(15)18-14(12)17/h2-5,11,15-16H,6H2,1H3. The number of aromatic hydroxyl groups is 1. The first kappa shape index (κ1) is 11.0. The van der Waals surface area contributed by atoms with Crippen LogP contribution in [0.3, 0.4) is 0 Å². The van der Waals surface area contributed by atoms with E-state index in [1.165, 1.54) is 0 Å². The minimum atomic E-state index is -1.13. The van der Waals surface area contributed by atoms with Gasteiger partial charge in [0, 0.05) is 11.8 Å². The lowest BCUT2D eigenvalue weighted by atomic mass is 9.90. The zero-order chi connectivity index (χ0) is 12.9. The molecule has 1 aliphatic rings. The number of benzene rings is 2. The Bertz CT molecular complexity index is 660. The van der Waals surface area contributed by atoms with Gasteiger partial charge < -0.3 is 14.9 Å². The molecule has 1 atom stereocenters. The number of ether oxygens (including phenoxy) is 1. The van der Waals surface area contributed by atoms with Gasteiger partial charge in [0.15, 0.2) is 0 Å². The molecule has 0 aromatic heterocycles. The quantitative estimate of drug-likeness (QED) is 0.694. The van der Waals surface area contributed by atoms with E-state index in [2.05, 4.69) is 0 Å². The smallest absolute Gasteiger partial charge is 0.344 e. The molecule has 4 heteroatoms. The summed E-state index contributed by atoms with van der Waals surface area (Å²) >= 11 is 0. The molecule has 0 saturated heterocycles. The van der Waals surface area contributed by atoms with Gasteiger partial charge in [-0.2, -0.15) is 0 Å². The highest BCUT2D eigenvalue weighted by Crippen LogP contribution is 2.38. The molecule has 4 nitrogen and oxygen atoms in total. The van der Waals surface area contributed by atoms with E-state index < -0.39 is 12.3 Å². The lowest BCUT2D eigenvalue weighted by Gasteiger charge is -2.24. The number of phenols is 1. The Morgan fingerprint density at radius 1 is 1.28 bits per heavy atom. The number of rotatable bonds is 0. The Hall–Kier alpha value is -2.07. The monoisotopic (exact) mass is 244 g/mol. The topological polar surface area (TPSA) is 66.8 Å². The molecule has 18 heavy (non-hydrogen) atoms. The molecule has 1 unspecified atom stereocenters. The molecular weight excluding hydrogens is 232 g/mol. The van der Waals surface area contributed by atoms with Crippen LogP contribution in [0.25, 0.3) is 10.8 Å². The van der Waals surface area contributed by atoms with Crippen LogP contribution in [0.2, 0.25) is 0 Å². The van der Waals surface area contributed by atoms with Crippen LogP contribution in [0.5, 0.6) is 5.75 Å². The third-order valence-corrected chi connectivity index (χ3v) is 3.40. The zero-order valence-electron chi connectivity index (χ0n) is 9.80. The molecule has 0 aliphatic carbocycles. The van der Waals surface area contributed by atoms with Gasteiger partial charge >= 0.3 is 5.97 Å². The van der Waals surface area contributed by atoms with E-state index in [1.807, 2.05) is 19.1 Å². The van der Waals surface area contributed by atoms with E-state index in [0.29, 0.717) is 10.9 Å². The van der Waals surface area contributed by atoms with Crippen LogP contribution >= 0.6 is 0 Å². The fourth-order valence-electron chi connectivity index (χ4n) is 2.52. The van der Waals surface area contributed by atoms with Crippen LogP contribution in [-0.2, 0) is 11.2 Å². The first-order chi connectivity index (χ1) is 8.59. The van der Waals surface area contributed by atoms with E-state index in [4.69, 9.17) is 4.74 Å². The maximum Gasteiger partial charge on any atom is 0.344 e. The van der Waals surface area contributed by atoms with Crippen molar-refractivity contribution in [3.63, 3.8) is 0 Å². The summed E-state index contributed by atoms with van der Waals surface area (Å²) in [6, 6.07) is 7.32. The second-order valence-corrected chi connectivity index (χ2v) is 4.44. The lowest BCUT2D eigenvalue weighted by molar-refractivity contribution is -0.0690. The molecule has 0 radical (unpaired) electrons. The molecule has 0 bridgehead atoms. The second-order valence-electron chi connectivity index (χ2n) is 4.44. The fraction of sp³-hybridized carbons (Fsp3) is 0.214. The summed E-state index contributed by atoms with van der Waals surface area (Å²) in [6.45, 7) is 1.88. The number of carbonyl (C=O) groups is 1. The number of hydrogen-bond acceptors (Lipinski definition) is 4. The molecular formula is C14H12O4. The van der Waals surface area contributed by atoms with Gasteiger partial charge in [-0.1, -0.05) is 24.3 Å². The molecule has 1 aliphatic heterocycles. The largest absolute Gasteiger partial charge is 0.506 e. The summed E-state index contributed by atoms with van der Waals surface area (Å²) < 4.78 is 4.75. The highest BCUT2D eigenvalue weighted by Gasteiger charge is 2.30. The Labute approximate surface area is 103 Å². The summed E-state index contributed by atoms with van der Waals surface area (Å²) in [5.74, 6) is -0.738. The van der Waals surface area contributed by atoms with Crippen molar-refractivity contribution in [2.45, 2.75) is 19.6 Å². The number of aliphatic hydroxyl groups is 1. The maximum absolute atomic E-state index is 11.8. The molecule has 92 valence electrons. The van der Waals surface area contributed by atoms with Crippen LogP contribution in [0.1, 0.15) is 21.5 Å². The SMILES string of the molecule is Cc1c2c(c(O)c3ccccc13)C(=O)OC(O)C2. The van der Waals surface area contributed by atoms with Crippen molar-refractivity contribution >= 4 is 16.7 Å². The number of phenolic OH excluding ortho intramolecular Hbond substituents is 1. The summed E-state index contributed by atoms with van der Waals surface area (Å²) in [4.78, 5) is 11.8. The molecule has 0 fully saturated rings. The highest BCUT2D eigenvalue weighted by molar-refractivity contribution is 6.04. The van der Waals surface area contributed by atoms with Crippen LogP contribution in [0, 0.1) is 6.92 Å². The van der Waals surface area contributed by atoms with Crippen LogP contribution < -0.4 is 0 Å². The molecule has 3 rings (SSSR count). The van der Waals surface area contributed by atoms with Crippen LogP contribution in [-0.4, -0.2) is 22.5 Å². The van der Waals surface area contributed by atoms with Crippen molar-refractivity contribution in [3.05, 3.63) is 41.0 Å². The predicted molar refractivity (Wildman–Crippen MR) is 65.5 cm³/mol. The number of cyclic esters (lactones) is 1. The number of esters is 1. The molecule has 0 amide bonds. The van der Waals surface area contributed by atoms with Gasteiger partial charge in [-0.05, 0) is 23.4 Å². The highest BCUT2D eigenvalue weighted by atomic mass is 16.6. The van der Waals surface area contributed by atoms with Gasteiger partial charge in [-0.25, -0.2) is 4.79 Å². The van der Waals surface area contributed by atoms with Crippen molar-refractivity contribution in [2.24, 2.45) is 0 Å². The zero-order valence-corrected chi connectivity index (χ0v) is 9.80. The summed E-state index contributed by atoms with van der Waals surface area (Å²) in [7, 11) is 0.